The van der Waals surface area contributed by atoms with Crippen LogP contribution in [0.15, 0.2) is 60.8 Å². The number of nitrogens with zero attached hydrogens (tertiary/aromatic N) is 1. The number of amides is 1. The van der Waals surface area contributed by atoms with Crippen LogP contribution in [0.3, 0.4) is 0 Å². The van der Waals surface area contributed by atoms with Crippen LogP contribution in [0.4, 0.5) is 0 Å². The first-order valence-corrected chi connectivity index (χ1v) is 25.6. The van der Waals surface area contributed by atoms with Gasteiger partial charge in [-0.1, -0.05) is 184 Å². The Hall–Kier alpha value is -1.80. The molecule has 2 N–H and O–H groups in total. The molecule has 0 aliphatic carbocycles. The molecule has 0 fully saturated rings. The number of aliphatic hydroxyl groups is 1. The Balaban J connectivity index is 4.45. The van der Waals surface area contributed by atoms with Crippen LogP contribution in [0.25, 0.3) is 0 Å². The number of quaternary nitrogens is 1. The molecule has 3 unspecified atom stereocenters. The number of allylic oxidation sites excluding steroid dienone is 9. The fourth-order valence-electron chi connectivity index (χ4n) is 6.59. The van der Waals surface area contributed by atoms with E-state index in [9.17, 15) is 19.4 Å². The molecule has 0 bridgehead atoms. The first kappa shape index (κ1) is 57.2. The Bertz CT molecular complexity index is 1140. The lowest BCUT2D eigenvalue weighted by Crippen LogP contribution is -2.45. The molecule has 0 saturated heterocycles. The molecule has 3 atom stereocenters. The third-order valence-electron chi connectivity index (χ3n) is 10.5. The summed E-state index contributed by atoms with van der Waals surface area (Å²) >= 11 is 0. The average molecular weight is 849 g/mol. The van der Waals surface area contributed by atoms with E-state index in [2.05, 4.69) is 67.8 Å². The van der Waals surface area contributed by atoms with E-state index in [4.69, 9.17) is 9.05 Å². The van der Waals surface area contributed by atoms with E-state index in [1.807, 2.05) is 27.2 Å². The number of hydrogen-bond donors (Lipinski definition) is 2. The highest BCUT2D eigenvalue weighted by Crippen LogP contribution is 2.38. The summed E-state index contributed by atoms with van der Waals surface area (Å²) in [5.74, 6) is -0.225. The maximum atomic E-state index is 12.9. The van der Waals surface area contributed by atoms with Crippen molar-refractivity contribution in [1.29, 1.82) is 0 Å². The summed E-state index contributed by atoms with van der Waals surface area (Å²) in [7, 11) is 1.22. The number of hydrogen-bond acceptors (Lipinski definition) is 6. The van der Waals surface area contributed by atoms with Gasteiger partial charge in [0.05, 0.1) is 39.9 Å². The summed E-state index contributed by atoms with van der Waals surface area (Å²) in [6.45, 7) is 4.57. The number of unbranched alkanes of at least 4 members (excludes halogenated alkanes) is 23. The van der Waals surface area contributed by atoms with Crippen molar-refractivity contribution in [2.75, 3.05) is 40.9 Å². The first-order chi connectivity index (χ1) is 28.5. The molecule has 344 valence electrons. The summed E-state index contributed by atoms with van der Waals surface area (Å²) in [6.07, 6.45) is 54.2. The largest absolute Gasteiger partial charge is 0.756 e. The summed E-state index contributed by atoms with van der Waals surface area (Å²) in [5.41, 5.74) is 0. The summed E-state index contributed by atoms with van der Waals surface area (Å²) in [5, 5.41) is 13.8. The fourth-order valence-corrected chi connectivity index (χ4v) is 7.31. The van der Waals surface area contributed by atoms with Gasteiger partial charge in [-0.05, 0) is 70.6 Å². The Kier molecular flexibility index (Phi) is 40.3. The van der Waals surface area contributed by atoms with Crippen LogP contribution in [0.5, 0.6) is 0 Å². The van der Waals surface area contributed by atoms with Gasteiger partial charge in [-0.2, -0.15) is 0 Å². The zero-order valence-corrected chi connectivity index (χ0v) is 39.8. The molecule has 8 nitrogen and oxygen atoms in total. The van der Waals surface area contributed by atoms with Gasteiger partial charge in [0.1, 0.15) is 13.2 Å². The van der Waals surface area contributed by atoms with E-state index >= 15 is 0 Å². The standard InChI is InChI=1S/C50H93N2O6P/c1-6-8-10-12-14-16-18-20-22-23-24-25-26-27-28-30-31-33-35-37-39-41-43-49(53)48(47-58-59(55,56)57-46-45-52(3,4)5)51-50(54)44-42-40-38-36-34-32-29-21-19-17-15-13-11-9-7-2/h15,17,19,21,27-28,33,35,41,43,48-49,53H,6-14,16,18,20,22-26,29-32,34,36-40,42,44-47H2,1-5H3,(H-,51,54,55,56)/b17-15-,21-19-,28-27+,35-33+,43-41+. The molecule has 0 radical (unpaired) electrons. The Labute approximate surface area is 364 Å². The highest BCUT2D eigenvalue weighted by molar-refractivity contribution is 7.45. The van der Waals surface area contributed by atoms with Crippen molar-refractivity contribution in [3.8, 4) is 0 Å². The molecule has 1 amide bonds. The second kappa shape index (κ2) is 41.5. The van der Waals surface area contributed by atoms with Crippen LogP contribution in [0.1, 0.15) is 200 Å². The lowest BCUT2D eigenvalue weighted by atomic mass is 10.0. The van der Waals surface area contributed by atoms with Gasteiger partial charge in [0.2, 0.25) is 5.91 Å². The molecule has 0 saturated carbocycles. The van der Waals surface area contributed by atoms with Crippen molar-refractivity contribution in [1.82, 2.24) is 5.32 Å². The zero-order valence-electron chi connectivity index (χ0n) is 38.9. The van der Waals surface area contributed by atoms with E-state index in [1.165, 1.54) is 116 Å². The smallest absolute Gasteiger partial charge is 0.268 e. The van der Waals surface area contributed by atoms with Gasteiger partial charge in [-0.25, -0.2) is 0 Å². The van der Waals surface area contributed by atoms with Crippen LogP contribution in [-0.2, 0) is 18.4 Å². The minimum atomic E-state index is -4.61. The van der Waals surface area contributed by atoms with Crippen molar-refractivity contribution in [2.45, 2.75) is 212 Å². The van der Waals surface area contributed by atoms with Gasteiger partial charge < -0.3 is 28.8 Å². The molecule has 9 heteroatoms. The van der Waals surface area contributed by atoms with Gasteiger partial charge in [-0.15, -0.1) is 0 Å². The predicted octanol–water partition coefficient (Wildman–Crippen LogP) is 13.2. The first-order valence-electron chi connectivity index (χ1n) is 24.2. The van der Waals surface area contributed by atoms with Crippen LogP contribution in [0, 0.1) is 0 Å². The summed E-state index contributed by atoms with van der Waals surface area (Å²) in [4.78, 5) is 25.3. The molecular formula is C50H93N2O6P. The number of phosphoric ester groups is 1. The molecule has 0 spiro atoms. The van der Waals surface area contributed by atoms with Crippen molar-refractivity contribution < 1.29 is 32.9 Å². The van der Waals surface area contributed by atoms with Gasteiger partial charge in [0, 0.05) is 6.42 Å². The third kappa shape index (κ3) is 44.1. The van der Waals surface area contributed by atoms with E-state index in [0.29, 0.717) is 17.4 Å². The molecule has 0 aromatic heterocycles. The van der Waals surface area contributed by atoms with Crippen molar-refractivity contribution in [3.63, 3.8) is 0 Å². The predicted molar refractivity (Wildman–Crippen MR) is 251 cm³/mol. The lowest BCUT2D eigenvalue weighted by molar-refractivity contribution is -0.870. The average Bonchev–Trinajstić information content (AvgIpc) is 3.19. The van der Waals surface area contributed by atoms with Crippen LogP contribution >= 0.6 is 7.82 Å². The molecule has 59 heavy (non-hydrogen) atoms. The third-order valence-corrected chi connectivity index (χ3v) is 11.4. The highest BCUT2D eigenvalue weighted by atomic mass is 31.2. The maximum Gasteiger partial charge on any atom is 0.268 e. The van der Waals surface area contributed by atoms with Crippen LogP contribution < -0.4 is 10.2 Å². The molecule has 0 aromatic rings. The van der Waals surface area contributed by atoms with Crippen LogP contribution in [-0.4, -0.2) is 68.5 Å². The van der Waals surface area contributed by atoms with Crippen LogP contribution in [0.2, 0.25) is 0 Å². The number of likely N-dealkylation sites (N-methyl/N-ethyl adjacent to an activating group) is 1. The van der Waals surface area contributed by atoms with E-state index in [-0.39, 0.29) is 12.5 Å². The molecule has 0 aromatic carbocycles. The Morgan fingerprint density at radius 2 is 1.00 bits per heavy atom. The summed E-state index contributed by atoms with van der Waals surface area (Å²) in [6, 6.07) is -0.917. The number of carbonyl (C=O) groups excluding carboxylic acids is 1. The number of nitrogens with one attached hydrogen (secondary N) is 1. The molecule has 0 aliphatic heterocycles. The Morgan fingerprint density at radius 1 is 0.593 bits per heavy atom. The monoisotopic (exact) mass is 849 g/mol. The zero-order chi connectivity index (χ0) is 43.6. The van der Waals surface area contributed by atoms with E-state index in [0.717, 1.165) is 64.2 Å². The normalized spacial score (nSPS) is 14.8. The van der Waals surface area contributed by atoms with Gasteiger partial charge in [0.25, 0.3) is 7.82 Å². The lowest BCUT2D eigenvalue weighted by Gasteiger charge is -2.29. The summed E-state index contributed by atoms with van der Waals surface area (Å²) < 4.78 is 23.2. The quantitative estimate of drug-likeness (QED) is 0.0208. The van der Waals surface area contributed by atoms with Gasteiger partial charge in [0.15, 0.2) is 0 Å². The highest BCUT2D eigenvalue weighted by Gasteiger charge is 2.23. The number of phosphoric acid groups is 1. The maximum absolute atomic E-state index is 12.9. The second-order valence-electron chi connectivity index (χ2n) is 17.5. The minimum Gasteiger partial charge on any atom is -0.756 e. The minimum absolute atomic E-state index is 0.0136. The molecule has 0 aliphatic rings. The van der Waals surface area contributed by atoms with Crippen molar-refractivity contribution in [2.24, 2.45) is 0 Å². The SMILES string of the molecule is CCCCC/C=C\C=C/CCCCCCCCC(=O)NC(COP(=O)([O-])OCC[N+](C)(C)C)C(O)/C=C/CC/C=C/CC/C=C/CCCCCCCCCCCCCC. The second-order valence-corrected chi connectivity index (χ2v) is 18.9. The van der Waals surface area contributed by atoms with E-state index < -0.39 is 26.6 Å². The molecule has 0 heterocycles. The van der Waals surface area contributed by atoms with Crippen molar-refractivity contribution in [3.05, 3.63) is 60.8 Å². The Morgan fingerprint density at radius 3 is 1.51 bits per heavy atom. The molecular weight excluding hydrogens is 756 g/mol. The van der Waals surface area contributed by atoms with Crippen molar-refractivity contribution >= 4 is 13.7 Å². The van der Waals surface area contributed by atoms with Gasteiger partial charge in [-0.3, -0.25) is 9.36 Å². The van der Waals surface area contributed by atoms with E-state index in [1.54, 1.807) is 6.08 Å². The van der Waals surface area contributed by atoms with Gasteiger partial charge >= 0.3 is 0 Å². The fraction of sp³-hybridized carbons (Fsp3) is 0.780. The number of rotatable bonds is 43. The molecule has 0 rings (SSSR count). The number of carbonyl (C=O) groups is 1. The topological polar surface area (TPSA) is 108 Å². The number of aliphatic hydroxyl groups excluding tert-OH is 1.